The summed E-state index contributed by atoms with van der Waals surface area (Å²) in [6.07, 6.45) is 7.74. The van der Waals surface area contributed by atoms with E-state index in [2.05, 4.69) is 20.2 Å². The lowest BCUT2D eigenvalue weighted by atomic mass is 10.0. The maximum absolute atomic E-state index is 12.7. The molecule has 4 rings (SSSR count). The average molecular weight is 367 g/mol. The number of ether oxygens (including phenoxy) is 1. The van der Waals surface area contributed by atoms with E-state index in [1.165, 1.54) is 12.8 Å². The maximum atomic E-state index is 12.7. The molecule has 0 unspecified atom stereocenters. The molecule has 1 saturated heterocycles. The second kappa shape index (κ2) is 7.82. The number of carbonyl (C=O) groups excluding carboxylic acids is 1. The summed E-state index contributed by atoms with van der Waals surface area (Å²) in [5, 5.41) is 2.97. The molecule has 1 aromatic heterocycles. The van der Waals surface area contributed by atoms with E-state index in [0.29, 0.717) is 23.5 Å². The SMILES string of the molecule is COc1ccccc1NC(=O)N1CCC(N(c2ccncn2)C2CC2)CC1. The summed E-state index contributed by atoms with van der Waals surface area (Å²) in [4.78, 5) is 25.5. The summed E-state index contributed by atoms with van der Waals surface area (Å²) in [5.41, 5.74) is 0.702. The van der Waals surface area contributed by atoms with Crippen LogP contribution in [0, 0.1) is 0 Å². The summed E-state index contributed by atoms with van der Waals surface area (Å²) in [7, 11) is 1.61. The van der Waals surface area contributed by atoms with Gasteiger partial charge < -0.3 is 19.9 Å². The number of carbonyl (C=O) groups is 1. The van der Waals surface area contributed by atoms with E-state index in [0.717, 1.165) is 31.7 Å². The van der Waals surface area contributed by atoms with Gasteiger partial charge in [-0.25, -0.2) is 14.8 Å². The van der Waals surface area contributed by atoms with E-state index >= 15 is 0 Å². The van der Waals surface area contributed by atoms with Gasteiger partial charge in [-0.3, -0.25) is 0 Å². The van der Waals surface area contributed by atoms with Gasteiger partial charge in [0.05, 0.1) is 12.8 Å². The third kappa shape index (κ3) is 3.97. The molecule has 2 fully saturated rings. The van der Waals surface area contributed by atoms with Gasteiger partial charge in [0.15, 0.2) is 0 Å². The molecule has 7 nitrogen and oxygen atoms in total. The van der Waals surface area contributed by atoms with Crippen LogP contribution in [0.3, 0.4) is 0 Å². The lowest BCUT2D eigenvalue weighted by Crippen LogP contribution is -2.49. The molecular weight excluding hydrogens is 342 g/mol. The highest BCUT2D eigenvalue weighted by atomic mass is 16.5. The fourth-order valence-electron chi connectivity index (χ4n) is 3.75. The number of anilines is 2. The Kier molecular flexibility index (Phi) is 5.09. The minimum Gasteiger partial charge on any atom is -0.495 e. The number of nitrogens with one attached hydrogen (secondary N) is 1. The van der Waals surface area contributed by atoms with Crippen LogP contribution in [0.5, 0.6) is 5.75 Å². The van der Waals surface area contributed by atoms with Gasteiger partial charge in [0.2, 0.25) is 0 Å². The molecule has 1 aliphatic carbocycles. The van der Waals surface area contributed by atoms with Crippen molar-refractivity contribution < 1.29 is 9.53 Å². The summed E-state index contributed by atoms with van der Waals surface area (Å²) in [6.45, 7) is 1.47. The number of amides is 2. The van der Waals surface area contributed by atoms with Gasteiger partial charge in [-0.15, -0.1) is 0 Å². The second-order valence-corrected chi connectivity index (χ2v) is 7.05. The smallest absolute Gasteiger partial charge is 0.321 e. The molecule has 0 atom stereocenters. The Labute approximate surface area is 159 Å². The van der Waals surface area contributed by atoms with E-state index in [4.69, 9.17) is 4.74 Å². The average Bonchev–Trinajstić information content (AvgIpc) is 3.55. The van der Waals surface area contributed by atoms with E-state index in [1.807, 2.05) is 35.2 Å². The van der Waals surface area contributed by atoms with E-state index in [9.17, 15) is 4.79 Å². The molecule has 1 aromatic carbocycles. The number of piperidine rings is 1. The molecule has 1 aliphatic heterocycles. The van der Waals surface area contributed by atoms with Crippen molar-refractivity contribution in [3.05, 3.63) is 42.9 Å². The maximum Gasteiger partial charge on any atom is 0.321 e. The van der Waals surface area contributed by atoms with Crippen molar-refractivity contribution in [3.63, 3.8) is 0 Å². The number of para-hydroxylation sites is 2. The molecule has 2 aromatic rings. The van der Waals surface area contributed by atoms with E-state index in [-0.39, 0.29) is 6.03 Å². The van der Waals surface area contributed by atoms with Crippen molar-refractivity contribution in [1.29, 1.82) is 0 Å². The Balaban J connectivity index is 1.37. The number of benzene rings is 1. The fraction of sp³-hybridized carbons (Fsp3) is 0.450. The standard InChI is InChI=1S/C20H25N5O2/c1-27-18-5-3-2-4-17(18)23-20(26)24-12-9-16(10-13-24)25(15-6-7-15)19-8-11-21-14-22-19/h2-5,8,11,14-16H,6-7,9-10,12-13H2,1H3,(H,23,26). The highest BCUT2D eigenvalue weighted by molar-refractivity contribution is 5.91. The minimum atomic E-state index is -0.0713. The van der Waals surface area contributed by atoms with Crippen LogP contribution in [0.2, 0.25) is 0 Å². The number of urea groups is 1. The molecule has 7 heteroatoms. The van der Waals surface area contributed by atoms with E-state index in [1.54, 1.807) is 19.6 Å². The quantitative estimate of drug-likeness (QED) is 0.879. The lowest BCUT2D eigenvalue weighted by Gasteiger charge is -2.39. The zero-order valence-electron chi connectivity index (χ0n) is 15.5. The van der Waals surface area contributed by atoms with Crippen molar-refractivity contribution in [3.8, 4) is 5.75 Å². The fourth-order valence-corrected chi connectivity index (χ4v) is 3.75. The minimum absolute atomic E-state index is 0.0713. The van der Waals surface area contributed by atoms with Crippen LogP contribution in [-0.2, 0) is 0 Å². The van der Waals surface area contributed by atoms with Crippen molar-refractivity contribution in [2.45, 2.75) is 37.8 Å². The predicted octanol–water partition coefficient (Wildman–Crippen LogP) is 3.15. The van der Waals surface area contributed by atoms with Crippen molar-refractivity contribution in [2.75, 3.05) is 30.4 Å². The van der Waals surface area contributed by atoms with Crippen LogP contribution in [-0.4, -0.2) is 53.2 Å². The van der Waals surface area contributed by atoms with Gasteiger partial charge in [-0.1, -0.05) is 12.1 Å². The molecule has 0 radical (unpaired) electrons. The molecule has 0 spiro atoms. The predicted molar refractivity (Wildman–Crippen MR) is 104 cm³/mol. The Bertz CT molecular complexity index is 773. The Hall–Kier alpha value is -2.83. The molecule has 142 valence electrons. The Morgan fingerprint density at radius 3 is 2.56 bits per heavy atom. The van der Waals surface area contributed by atoms with Gasteiger partial charge >= 0.3 is 6.03 Å². The first kappa shape index (κ1) is 17.6. The number of aromatic nitrogens is 2. The first-order chi connectivity index (χ1) is 13.3. The summed E-state index contributed by atoms with van der Waals surface area (Å²) >= 11 is 0. The van der Waals surface area contributed by atoms with Gasteiger partial charge in [0.1, 0.15) is 17.9 Å². The first-order valence-corrected chi connectivity index (χ1v) is 9.49. The molecule has 27 heavy (non-hydrogen) atoms. The van der Waals surface area contributed by atoms with Gasteiger partial charge in [0, 0.05) is 31.4 Å². The number of hydrogen-bond donors (Lipinski definition) is 1. The molecule has 0 bridgehead atoms. The van der Waals surface area contributed by atoms with Crippen LogP contribution in [0.4, 0.5) is 16.3 Å². The van der Waals surface area contributed by atoms with Crippen LogP contribution in [0.1, 0.15) is 25.7 Å². The summed E-state index contributed by atoms with van der Waals surface area (Å²) in [6, 6.07) is 10.4. The molecule has 1 saturated carbocycles. The molecule has 2 amide bonds. The van der Waals surface area contributed by atoms with Gasteiger partial charge in [-0.05, 0) is 43.9 Å². The Morgan fingerprint density at radius 2 is 1.89 bits per heavy atom. The van der Waals surface area contributed by atoms with Crippen molar-refractivity contribution in [2.24, 2.45) is 0 Å². The van der Waals surface area contributed by atoms with Crippen molar-refractivity contribution >= 4 is 17.5 Å². The number of methoxy groups -OCH3 is 1. The largest absolute Gasteiger partial charge is 0.495 e. The monoisotopic (exact) mass is 367 g/mol. The van der Waals surface area contributed by atoms with Crippen molar-refractivity contribution in [1.82, 2.24) is 14.9 Å². The highest BCUT2D eigenvalue weighted by Crippen LogP contribution is 2.35. The normalized spacial score (nSPS) is 17.4. The topological polar surface area (TPSA) is 70.6 Å². The third-order valence-corrected chi connectivity index (χ3v) is 5.26. The van der Waals surface area contributed by atoms with Gasteiger partial charge in [0.25, 0.3) is 0 Å². The number of likely N-dealkylation sites (tertiary alicyclic amines) is 1. The zero-order chi connectivity index (χ0) is 18.6. The molecule has 2 aliphatic rings. The van der Waals surface area contributed by atoms with Crippen LogP contribution in [0.15, 0.2) is 42.9 Å². The molecule has 2 heterocycles. The zero-order valence-corrected chi connectivity index (χ0v) is 15.5. The highest BCUT2D eigenvalue weighted by Gasteiger charge is 2.37. The van der Waals surface area contributed by atoms with Crippen LogP contribution >= 0.6 is 0 Å². The second-order valence-electron chi connectivity index (χ2n) is 7.05. The van der Waals surface area contributed by atoms with Crippen LogP contribution < -0.4 is 15.0 Å². The third-order valence-electron chi connectivity index (χ3n) is 5.26. The number of hydrogen-bond acceptors (Lipinski definition) is 5. The molecular formula is C20H25N5O2. The summed E-state index contributed by atoms with van der Waals surface area (Å²) < 4.78 is 5.31. The first-order valence-electron chi connectivity index (χ1n) is 9.49. The number of nitrogens with zero attached hydrogens (tertiary/aromatic N) is 4. The molecule has 1 N–H and O–H groups in total. The van der Waals surface area contributed by atoms with Gasteiger partial charge in [-0.2, -0.15) is 0 Å². The lowest BCUT2D eigenvalue weighted by molar-refractivity contribution is 0.193. The Morgan fingerprint density at radius 1 is 1.15 bits per heavy atom. The van der Waals surface area contributed by atoms with E-state index < -0.39 is 0 Å². The summed E-state index contributed by atoms with van der Waals surface area (Å²) in [5.74, 6) is 1.67. The number of rotatable bonds is 5. The van der Waals surface area contributed by atoms with Crippen LogP contribution in [0.25, 0.3) is 0 Å².